The lowest BCUT2D eigenvalue weighted by Crippen LogP contribution is -2.33. The fourth-order valence-electron chi connectivity index (χ4n) is 1.78. The Balaban J connectivity index is 1.89. The van der Waals surface area contributed by atoms with Crippen molar-refractivity contribution in [2.24, 2.45) is 5.92 Å². The normalized spacial score (nSPS) is 12.3. The van der Waals surface area contributed by atoms with E-state index in [1.807, 2.05) is 19.2 Å². The van der Waals surface area contributed by atoms with E-state index in [0.29, 0.717) is 13.1 Å². The van der Waals surface area contributed by atoms with Gasteiger partial charge in [0.1, 0.15) is 12.0 Å². The van der Waals surface area contributed by atoms with Crippen LogP contribution in [-0.4, -0.2) is 32.8 Å². The lowest BCUT2D eigenvalue weighted by atomic mass is 10.1. The third-order valence-corrected chi connectivity index (χ3v) is 2.71. The standard InChI is InChI=1S/C12H16N4O2/c1-10(8-16-6-3-5-13-16)12(17)15(2)9-11-4-7-18-14-11/h3-7,10H,8-9H2,1-2H3/t10-/m0/s1. The first-order chi connectivity index (χ1) is 8.66. The third kappa shape index (κ3) is 2.97. The molecule has 0 fully saturated rings. The Hall–Kier alpha value is -2.11. The Labute approximate surface area is 105 Å². The van der Waals surface area contributed by atoms with Crippen LogP contribution in [0.15, 0.2) is 35.3 Å². The SMILES string of the molecule is C[C@@H](Cn1cccn1)C(=O)N(C)Cc1ccon1. The quantitative estimate of drug-likeness (QED) is 0.796. The van der Waals surface area contributed by atoms with Crippen LogP contribution >= 0.6 is 0 Å². The number of hydrogen-bond acceptors (Lipinski definition) is 4. The number of rotatable bonds is 5. The van der Waals surface area contributed by atoms with Crippen LogP contribution in [0.5, 0.6) is 0 Å². The summed E-state index contributed by atoms with van der Waals surface area (Å²) in [6.07, 6.45) is 5.05. The summed E-state index contributed by atoms with van der Waals surface area (Å²) in [5, 5.41) is 7.88. The van der Waals surface area contributed by atoms with Crippen molar-refractivity contribution < 1.29 is 9.32 Å². The Morgan fingerprint density at radius 2 is 2.44 bits per heavy atom. The molecule has 0 saturated carbocycles. The van der Waals surface area contributed by atoms with Crippen LogP contribution in [0.25, 0.3) is 0 Å². The van der Waals surface area contributed by atoms with Gasteiger partial charge in [-0.2, -0.15) is 5.10 Å². The van der Waals surface area contributed by atoms with E-state index < -0.39 is 0 Å². The minimum absolute atomic E-state index is 0.0634. The molecule has 2 aromatic heterocycles. The molecule has 2 aromatic rings. The molecule has 0 N–H and O–H groups in total. The summed E-state index contributed by atoms with van der Waals surface area (Å²) in [4.78, 5) is 13.8. The van der Waals surface area contributed by atoms with E-state index in [0.717, 1.165) is 5.69 Å². The molecule has 2 heterocycles. The molecule has 0 unspecified atom stereocenters. The zero-order chi connectivity index (χ0) is 13.0. The van der Waals surface area contributed by atoms with E-state index in [1.54, 1.807) is 28.9 Å². The predicted molar refractivity (Wildman–Crippen MR) is 64.4 cm³/mol. The van der Waals surface area contributed by atoms with Gasteiger partial charge in [-0.25, -0.2) is 0 Å². The van der Waals surface area contributed by atoms with Gasteiger partial charge in [-0.15, -0.1) is 0 Å². The Kier molecular flexibility index (Phi) is 3.76. The van der Waals surface area contributed by atoms with Crippen LogP contribution in [0.2, 0.25) is 0 Å². The number of hydrogen-bond donors (Lipinski definition) is 0. The highest BCUT2D eigenvalue weighted by atomic mass is 16.5. The van der Waals surface area contributed by atoms with E-state index in [1.165, 1.54) is 6.26 Å². The molecule has 0 aliphatic carbocycles. The van der Waals surface area contributed by atoms with Crippen molar-refractivity contribution in [2.75, 3.05) is 7.05 Å². The van der Waals surface area contributed by atoms with Crippen LogP contribution in [0.1, 0.15) is 12.6 Å². The Morgan fingerprint density at radius 1 is 1.61 bits per heavy atom. The van der Waals surface area contributed by atoms with Gasteiger partial charge in [0, 0.05) is 25.5 Å². The van der Waals surface area contributed by atoms with Gasteiger partial charge in [-0.1, -0.05) is 12.1 Å². The molecular formula is C12H16N4O2. The fraction of sp³-hybridized carbons (Fsp3) is 0.417. The van der Waals surface area contributed by atoms with Gasteiger partial charge in [0.2, 0.25) is 5.91 Å². The maximum atomic E-state index is 12.1. The molecule has 6 heteroatoms. The molecule has 1 amide bonds. The van der Waals surface area contributed by atoms with Crippen molar-refractivity contribution >= 4 is 5.91 Å². The summed E-state index contributed by atoms with van der Waals surface area (Å²) in [6, 6.07) is 3.60. The van der Waals surface area contributed by atoms with Crippen molar-refractivity contribution in [3.8, 4) is 0 Å². The van der Waals surface area contributed by atoms with Gasteiger partial charge >= 0.3 is 0 Å². The van der Waals surface area contributed by atoms with Crippen molar-refractivity contribution in [1.29, 1.82) is 0 Å². The Morgan fingerprint density at radius 3 is 3.06 bits per heavy atom. The summed E-state index contributed by atoms with van der Waals surface area (Å²) in [7, 11) is 1.76. The monoisotopic (exact) mass is 248 g/mol. The van der Waals surface area contributed by atoms with Crippen LogP contribution in [0.4, 0.5) is 0 Å². The maximum Gasteiger partial charge on any atom is 0.227 e. The minimum atomic E-state index is -0.123. The molecule has 2 rings (SSSR count). The number of aromatic nitrogens is 3. The second kappa shape index (κ2) is 5.48. The van der Waals surface area contributed by atoms with Crippen molar-refractivity contribution in [3.63, 3.8) is 0 Å². The molecule has 0 radical (unpaired) electrons. The molecule has 6 nitrogen and oxygen atoms in total. The summed E-state index contributed by atoms with van der Waals surface area (Å²) in [5.41, 5.74) is 0.747. The number of carbonyl (C=O) groups is 1. The summed E-state index contributed by atoms with van der Waals surface area (Å²) in [6.45, 7) is 2.93. The Bertz CT molecular complexity index is 434. The van der Waals surface area contributed by atoms with Gasteiger partial charge in [0.25, 0.3) is 0 Å². The van der Waals surface area contributed by atoms with E-state index in [9.17, 15) is 4.79 Å². The number of amides is 1. The van der Waals surface area contributed by atoms with Crippen LogP contribution in [-0.2, 0) is 17.9 Å². The second-order valence-electron chi connectivity index (χ2n) is 4.31. The highest BCUT2D eigenvalue weighted by Crippen LogP contribution is 2.07. The van der Waals surface area contributed by atoms with Gasteiger partial charge < -0.3 is 9.42 Å². The molecule has 0 aliphatic rings. The smallest absolute Gasteiger partial charge is 0.227 e. The van der Waals surface area contributed by atoms with Crippen molar-refractivity contribution in [1.82, 2.24) is 19.8 Å². The van der Waals surface area contributed by atoms with Crippen LogP contribution in [0.3, 0.4) is 0 Å². The molecule has 18 heavy (non-hydrogen) atoms. The first-order valence-corrected chi connectivity index (χ1v) is 5.78. The van der Waals surface area contributed by atoms with E-state index in [2.05, 4.69) is 10.3 Å². The molecule has 0 aromatic carbocycles. The summed E-state index contributed by atoms with van der Waals surface area (Å²) in [5.74, 6) is -0.0599. The third-order valence-electron chi connectivity index (χ3n) is 2.71. The molecule has 0 bridgehead atoms. The lowest BCUT2D eigenvalue weighted by Gasteiger charge is -2.20. The molecule has 0 aliphatic heterocycles. The largest absolute Gasteiger partial charge is 0.364 e. The van der Waals surface area contributed by atoms with E-state index in [-0.39, 0.29) is 11.8 Å². The van der Waals surface area contributed by atoms with Gasteiger partial charge in [-0.3, -0.25) is 9.48 Å². The van der Waals surface area contributed by atoms with Crippen molar-refractivity contribution in [2.45, 2.75) is 20.0 Å². The molecule has 0 spiro atoms. The minimum Gasteiger partial charge on any atom is -0.364 e. The average molecular weight is 248 g/mol. The molecular weight excluding hydrogens is 232 g/mol. The topological polar surface area (TPSA) is 64.2 Å². The number of nitrogens with zero attached hydrogens (tertiary/aromatic N) is 4. The second-order valence-corrected chi connectivity index (χ2v) is 4.31. The zero-order valence-corrected chi connectivity index (χ0v) is 10.5. The van der Waals surface area contributed by atoms with Crippen molar-refractivity contribution in [3.05, 3.63) is 36.5 Å². The predicted octanol–water partition coefficient (Wildman–Crippen LogP) is 1.17. The zero-order valence-electron chi connectivity index (χ0n) is 10.5. The average Bonchev–Trinajstić information content (AvgIpc) is 3.01. The molecule has 96 valence electrons. The first-order valence-electron chi connectivity index (χ1n) is 5.78. The van der Waals surface area contributed by atoms with E-state index >= 15 is 0 Å². The highest BCUT2D eigenvalue weighted by molar-refractivity contribution is 5.78. The summed E-state index contributed by atoms with van der Waals surface area (Å²) >= 11 is 0. The van der Waals surface area contributed by atoms with Gasteiger partial charge in [-0.05, 0) is 6.07 Å². The lowest BCUT2D eigenvalue weighted by molar-refractivity contribution is -0.134. The van der Waals surface area contributed by atoms with Crippen LogP contribution in [0, 0.1) is 5.92 Å². The maximum absolute atomic E-state index is 12.1. The van der Waals surface area contributed by atoms with Gasteiger partial charge in [0.05, 0.1) is 19.0 Å². The molecule has 1 atom stereocenters. The fourth-order valence-corrected chi connectivity index (χ4v) is 1.78. The van der Waals surface area contributed by atoms with Gasteiger partial charge in [0.15, 0.2) is 0 Å². The van der Waals surface area contributed by atoms with Crippen LogP contribution < -0.4 is 0 Å². The molecule has 0 saturated heterocycles. The highest BCUT2D eigenvalue weighted by Gasteiger charge is 2.18. The first kappa shape index (κ1) is 12.3. The van der Waals surface area contributed by atoms with E-state index in [4.69, 9.17) is 4.52 Å². The number of carbonyl (C=O) groups excluding carboxylic acids is 1. The summed E-state index contributed by atoms with van der Waals surface area (Å²) < 4.78 is 6.50.